The summed E-state index contributed by atoms with van der Waals surface area (Å²) in [5, 5.41) is 0. The Morgan fingerprint density at radius 1 is 1.14 bits per heavy atom. The minimum absolute atomic E-state index is 0.674. The zero-order valence-corrected chi connectivity index (χ0v) is 12.5. The Kier molecular flexibility index (Phi) is 3.91. The number of imidazole rings is 1. The molecule has 0 saturated carbocycles. The van der Waals surface area contributed by atoms with Crippen LogP contribution in [-0.4, -0.2) is 9.55 Å². The van der Waals surface area contributed by atoms with Gasteiger partial charge in [0.25, 0.3) is 0 Å². The average molecular weight is 280 g/mol. The normalized spacial score (nSPS) is 12.0. The molecule has 0 radical (unpaired) electrons. The van der Waals surface area contributed by atoms with E-state index in [1.807, 2.05) is 30.4 Å². The summed E-state index contributed by atoms with van der Waals surface area (Å²) < 4.78 is 7.63. The molecule has 0 bridgehead atoms. The predicted octanol–water partition coefficient (Wildman–Crippen LogP) is 4.85. The van der Waals surface area contributed by atoms with E-state index in [1.54, 1.807) is 6.26 Å². The molecule has 0 amide bonds. The first-order valence-corrected chi connectivity index (χ1v) is 7.41. The van der Waals surface area contributed by atoms with Crippen molar-refractivity contribution < 1.29 is 4.42 Å². The molecule has 0 spiro atoms. The number of para-hydroxylation sites is 2. The van der Waals surface area contributed by atoms with E-state index in [-0.39, 0.29) is 0 Å². The van der Waals surface area contributed by atoms with Crippen LogP contribution in [0.1, 0.15) is 31.9 Å². The number of fused-ring (bicyclic) bond motifs is 1. The van der Waals surface area contributed by atoms with Crippen molar-refractivity contribution in [3.8, 4) is 0 Å². The van der Waals surface area contributed by atoms with Crippen molar-refractivity contribution in [3.05, 3.63) is 54.2 Å². The summed E-state index contributed by atoms with van der Waals surface area (Å²) in [6.07, 6.45) is 6.82. The Hall–Kier alpha value is -2.29. The molecule has 0 aliphatic heterocycles. The molecular weight excluding hydrogens is 260 g/mol. The number of aryl methyl sites for hydroxylation is 1. The highest BCUT2D eigenvalue weighted by Gasteiger charge is 2.08. The van der Waals surface area contributed by atoms with Gasteiger partial charge in [-0.2, -0.15) is 0 Å². The summed E-state index contributed by atoms with van der Waals surface area (Å²) in [5.41, 5.74) is 2.23. The van der Waals surface area contributed by atoms with Crippen LogP contribution in [0.15, 0.2) is 47.1 Å². The van der Waals surface area contributed by atoms with Gasteiger partial charge in [0.2, 0.25) is 0 Å². The lowest BCUT2D eigenvalue weighted by atomic mass is 10.1. The second kappa shape index (κ2) is 6.00. The van der Waals surface area contributed by atoms with Gasteiger partial charge in [0.1, 0.15) is 11.6 Å². The Balaban J connectivity index is 1.97. The van der Waals surface area contributed by atoms with Crippen molar-refractivity contribution in [3.63, 3.8) is 0 Å². The van der Waals surface area contributed by atoms with Crippen molar-refractivity contribution in [1.82, 2.24) is 9.55 Å². The van der Waals surface area contributed by atoms with Gasteiger partial charge in [0.05, 0.1) is 17.3 Å². The van der Waals surface area contributed by atoms with E-state index in [0.717, 1.165) is 30.1 Å². The smallest absolute Gasteiger partial charge is 0.133 e. The quantitative estimate of drug-likeness (QED) is 0.669. The van der Waals surface area contributed by atoms with E-state index in [2.05, 4.69) is 36.6 Å². The lowest BCUT2D eigenvalue weighted by Gasteiger charge is -2.09. The fourth-order valence-electron chi connectivity index (χ4n) is 2.39. The van der Waals surface area contributed by atoms with Gasteiger partial charge in [-0.3, -0.25) is 0 Å². The lowest BCUT2D eigenvalue weighted by molar-refractivity contribution is 0.521. The van der Waals surface area contributed by atoms with Crippen molar-refractivity contribution in [2.45, 2.75) is 26.8 Å². The molecule has 0 unspecified atom stereocenters. The van der Waals surface area contributed by atoms with Crippen LogP contribution in [0, 0.1) is 5.92 Å². The van der Waals surface area contributed by atoms with Crippen molar-refractivity contribution in [2.75, 3.05) is 0 Å². The maximum Gasteiger partial charge on any atom is 0.133 e. The molecular formula is C18H20N2O. The number of benzene rings is 1. The van der Waals surface area contributed by atoms with Gasteiger partial charge in [-0.25, -0.2) is 4.98 Å². The van der Waals surface area contributed by atoms with Crippen molar-refractivity contribution in [1.29, 1.82) is 0 Å². The van der Waals surface area contributed by atoms with E-state index < -0.39 is 0 Å². The van der Waals surface area contributed by atoms with Gasteiger partial charge in [0.15, 0.2) is 0 Å². The van der Waals surface area contributed by atoms with Crippen molar-refractivity contribution in [2.24, 2.45) is 5.92 Å². The van der Waals surface area contributed by atoms with E-state index in [4.69, 9.17) is 9.40 Å². The molecule has 0 fully saturated rings. The maximum atomic E-state index is 5.34. The standard InChI is InChI=1S/C18H20N2O/c1-14(2)11-12-20-17-8-4-3-7-16(17)19-18(20)10-9-15-6-5-13-21-15/h3-10,13-14H,11-12H2,1-2H3. The van der Waals surface area contributed by atoms with Gasteiger partial charge in [-0.15, -0.1) is 0 Å². The third-order valence-electron chi connectivity index (χ3n) is 3.55. The average Bonchev–Trinajstić information content (AvgIpc) is 3.10. The number of nitrogens with zero attached hydrogens (tertiary/aromatic N) is 2. The molecule has 1 aromatic carbocycles. The van der Waals surface area contributed by atoms with Gasteiger partial charge in [-0.05, 0) is 48.8 Å². The second-order valence-corrected chi connectivity index (χ2v) is 5.64. The molecule has 3 nitrogen and oxygen atoms in total. The largest absolute Gasteiger partial charge is 0.465 e. The number of hydrogen-bond donors (Lipinski definition) is 0. The zero-order chi connectivity index (χ0) is 14.7. The number of aromatic nitrogens is 2. The molecule has 3 rings (SSSR count). The molecule has 0 saturated heterocycles. The van der Waals surface area contributed by atoms with Crippen LogP contribution in [0.4, 0.5) is 0 Å². The second-order valence-electron chi connectivity index (χ2n) is 5.64. The summed E-state index contributed by atoms with van der Waals surface area (Å²) in [7, 11) is 0. The summed E-state index contributed by atoms with van der Waals surface area (Å²) in [6, 6.07) is 12.1. The van der Waals surface area contributed by atoms with Crippen LogP contribution in [0.2, 0.25) is 0 Å². The Morgan fingerprint density at radius 3 is 2.76 bits per heavy atom. The number of hydrogen-bond acceptors (Lipinski definition) is 2. The van der Waals surface area contributed by atoms with Gasteiger partial charge < -0.3 is 8.98 Å². The fourth-order valence-corrected chi connectivity index (χ4v) is 2.39. The molecule has 0 atom stereocenters. The molecule has 2 heterocycles. The first kappa shape index (κ1) is 13.7. The summed E-state index contributed by atoms with van der Waals surface area (Å²) in [6.45, 7) is 5.48. The molecule has 0 N–H and O–H groups in total. The molecule has 0 aliphatic carbocycles. The zero-order valence-electron chi connectivity index (χ0n) is 12.5. The van der Waals surface area contributed by atoms with Crippen LogP contribution in [0.5, 0.6) is 0 Å². The summed E-state index contributed by atoms with van der Waals surface area (Å²) in [4.78, 5) is 4.72. The topological polar surface area (TPSA) is 31.0 Å². The fraction of sp³-hybridized carbons (Fsp3) is 0.278. The van der Waals surface area contributed by atoms with E-state index in [1.165, 1.54) is 5.52 Å². The minimum Gasteiger partial charge on any atom is -0.465 e. The van der Waals surface area contributed by atoms with E-state index >= 15 is 0 Å². The molecule has 2 aromatic heterocycles. The Bertz CT molecular complexity index is 736. The molecule has 3 heteroatoms. The highest BCUT2D eigenvalue weighted by Crippen LogP contribution is 2.19. The Morgan fingerprint density at radius 2 is 2.00 bits per heavy atom. The SMILES string of the molecule is CC(C)CCn1c(C=Cc2ccco2)nc2ccccc21. The molecule has 0 aliphatic rings. The van der Waals surface area contributed by atoms with Crippen LogP contribution in [0.3, 0.4) is 0 Å². The monoisotopic (exact) mass is 280 g/mol. The van der Waals surface area contributed by atoms with Gasteiger partial charge in [0, 0.05) is 6.54 Å². The molecule has 3 aromatic rings. The van der Waals surface area contributed by atoms with E-state index in [0.29, 0.717) is 5.92 Å². The van der Waals surface area contributed by atoms with Crippen molar-refractivity contribution >= 4 is 23.2 Å². The highest BCUT2D eigenvalue weighted by atomic mass is 16.3. The lowest BCUT2D eigenvalue weighted by Crippen LogP contribution is -2.03. The van der Waals surface area contributed by atoms with E-state index in [9.17, 15) is 0 Å². The minimum atomic E-state index is 0.674. The van der Waals surface area contributed by atoms with Crippen LogP contribution >= 0.6 is 0 Å². The maximum absolute atomic E-state index is 5.34. The highest BCUT2D eigenvalue weighted by molar-refractivity contribution is 5.79. The summed E-state index contributed by atoms with van der Waals surface area (Å²) in [5.74, 6) is 2.50. The number of furan rings is 1. The summed E-state index contributed by atoms with van der Waals surface area (Å²) >= 11 is 0. The third kappa shape index (κ3) is 3.07. The number of rotatable bonds is 5. The first-order valence-electron chi connectivity index (χ1n) is 7.41. The van der Waals surface area contributed by atoms with Gasteiger partial charge in [-0.1, -0.05) is 26.0 Å². The molecule has 21 heavy (non-hydrogen) atoms. The van der Waals surface area contributed by atoms with Crippen LogP contribution in [0.25, 0.3) is 23.2 Å². The Labute approximate surface area is 124 Å². The van der Waals surface area contributed by atoms with Crippen LogP contribution in [-0.2, 0) is 6.54 Å². The van der Waals surface area contributed by atoms with Gasteiger partial charge >= 0.3 is 0 Å². The third-order valence-corrected chi connectivity index (χ3v) is 3.55. The first-order chi connectivity index (χ1) is 10.2. The van der Waals surface area contributed by atoms with Crippen LogP contribution < -0.4 is 0 Å². The molecule has 108 valence electrons. The predicted molar refractivity (Wildman–Crippen MR) is 86.8 cm³/mol.